The fourth-order valence-corrected chi connectivity index (χ4v) is 4.05. The van der Waals surface area contributed by atoms with Crippen LogP contribution in [0.2, 0.25) is 0 Å². The van der Waals surface area contributed by atoms with Gasteiger partial charge in [-0.15, -0.1) is 10.2 Å². The molecule has 2 aromatic carbocycles. The molecule has 3 rings (SSSR count). The zero-order chi connectivity index (χ0) is 21.9. The van der Waals surface area contributed by atoms with Crippen molar-refractivity contribution in [1.29, 1.82) is 0 Å². The SMILES string of the molecule is CC(c1ccccc1)N(C)C(=O)CSc1nnc(-c2ccc(C(C)(C)C)cc2)n1C. The second-order valence-electron chi connectivity index (χ2n) is 8.57. The second kappa shape index (κ2) is 9.04. The van der Waals surface area contributed by atoms with Crippen LogP contribution < -0.4 is 0 Å². The summed E-state index contributed by atoms with van der Waals surface area (Å²) >= 11 is 1.42. The van der Waals surface area contributed by atoms with Gasteiger partial charge in [0.15, 0.2) is 11.0 Å². The van der Waals surface area contributed by atoms with E-state index in [0.29, 0.717) is 5.75 Å². The Hall–Kier alpha value is -2.60. The number of hydrogen-bond donors (Lipinski definition) is 0. The Morgan fingerprint density at radius 1 is 1.07 bits per heavy atom. The standard InChI is InChI=1S/C24H30N4OS/c1-17(18-10-8-7-9-11-18)27(5)21(29)16-30-23-26-25-22(28(23)6)19-12-14-20(15-13-19)24(2,3)4/h7-15,17H,16H2,1-6H3. The summed E-state index contributed by atoms with van der Waals surface area (Å²) in [4.78, 5) is 14.5. The van der Waals surface area contributed by atoms with Crippen LogP contribution in [0.25, 0.3) is 11.4 Å². The van der Waals surface area contributed by atoms with E-state index in [9.17, 15) is 4.79 Å². The van der Waals surface area contributed by atoms with Crippen LogP contribution in [0.1, 0.15) is 44.9 Å². The molecule has 0 N–H and O–H groups in total. The van der Waals surface area contributed by atoms with E-state index in [1.807, 2.05) is 55.9 Å². The number of aromatic nitrogens is 3. The van der Waals surface area contributed by atoms with Crippen LogP contribution >= 0.6 is 11.8 Å². The number of hydrogen-bond acceptors (Lipinski definition) is 4. The van der Waals surface area contributed by atoms with Crippen molar-refractivity contribution < 1.29 is 4.79 Å². The third kappa shape index (κ3) is 4.93. The zero-order valence-electron chi connectivity index (χ0n) is 18.6. The zero-order valence-corrected chi connectivity index (χ0v) is 19.4. The summed E-state index contributed by atoms with van der Waals surface area (Å²) in [5.74, 6) is 1.19. The largest absolute Gasteiger partial charge is 0.338 e. The third-order valence-electron chi connectivity index (χ3n) is 5.43. The van der Waals surface area contributed by atoms with E-state index in [4.69, 9.17) is 0 Å². The minimum Gasteiger partial charge on any atom is -0.338 e. The molecule has 158 valence electrons. The molecule has 0 bridgehead atoms. The molecule has 1 atom stereocenters. The van der Waals surface area contributed by atoms with E-state index in [1.165, 1.54) is 17.3 Å². The van der Waals surface area contributed by atoms with Gasteiger partial charge in [-0.2, -0.15) is 0 Å². The van der Waals surface area contributed by atoms with Gasteiger partial charge in [0, 0.05) is 19.7 Å². The Kier molecular flexibility index (Phi) is 6.66. The normalized spacial score (nSPS) is 12.6. The molecule has 1 aromatic heterocycles. The monoisotopic (exact) mass is 422 g/mol. The molecule has 0 saturated carbocycles. The lowest BCUT2D eigenvalue weighted by molar-refractivity contribution is -0.128. The van der Waals surface area contributed by atoms with Gasteiger partial charge in [0.25, 0.3) is 0 Å². The van der Waals surface area contributed by atoms with Crippen molar-refractivity contribution in [2.45, 2.75) is 44.3 Å². The number of benzene rings is 2. The van der Waals surface area contributed by atoms with E-state index < -0.39 is 0 Å². The highest BCUT2D eigenvalue weighted by atomic mass is 32.2. The predicted octanol–water partition coefficient (Wildman–Crippen LogP) is 5.09. The molecule has 30 heavy (non-hydrogen) atoms. The van der Waals surface area contributed by atoms with E-state index in [2.05, 4.69) is 55.2 Å². The first-order valence-corrected chi connectivity index (χ1v) is 11.1. The number of rotatable bonds is 6. The molecule has 1 unspecified atom stereocenters. The average molecular weight is 423 g/mol. The molecule has 1 heterocycles. The minimum atomic E-state index is 0.0238. The van der Waals surface area contributed by atoms with Crippen LogP contribution in [0.15, 0.2) is 59.8 Å². The predicted molar refractivity (Wildman–Crippen MR) is 123 cm³/mol. The van der Waals surface area contributed by atoms with Gasteiger partial charge in [-0.3, -0.25) is 4.79 Å². The van der Waals surface area contributed by atoms with Crippen molar-refractivity contribution in [2.75, 3.05) is 12.8 Å². The lowest BCUT2D eigenvalue weighted by Gasteiger charge is -2.25. The van der Waals surface area contributed by atoms with Gasteiger partial charge in [-0.1, -0.05) is 87.1 Å². The van der Waals surface area contributed by atoms with E-state index in [-0.39, 0.29) is 17.4 Å². The number of amides is 1. The summed E-state index contributed by atoms with van der Waals surface area (Å²) < 4.78 is 1.95. The molecule has 0 radical (unpaired) electrons. The molecule has 0 saturated heterocycles. The molecular formula is C24H30N4OS. The van der Waals surface area contributed by atoms with Crippen molar-refractivity contribution in [2.24, 2.45) is 7.05 Å². The Morgan fingerprint density at radius 3 is 2.30 bits per heavy atom. The average Bonchev–Trinajstić information content (AvgIpc) is 3.11. The second-order valence-corrected chi connectivity index (χ2v) is 9.52. The molecule has 0 spiro atoms. The summed E-state index contributed by atoms with van der Waals surface area (Å²) in [6, 6.07) is 18.5. The fraction of sp³-hybridized carbons (Fsp3) is 0.375. The number of carbonyl (C=O) groups excluding carboxylic acids is 1. The Morgan fingerprint density at radius 2 is 1.70 bits per heavy atom. The molecule has 5 nitrogen and oxygen atoms in total. The van der Waals surface area contributed by atoms with Crippen LogP contribution in [-0.4, -0.2) is 38.4 Å². The Bertz CT molecular complexity index is 990. The minimum absolute atomic E-state index is 0.0238. The summed E-state index contributed by atoms with van der Waals surface area (Å²) in [7, 11) is 3.79. The van der Waals surface area contributed by atoms with Gasteiger partial charge in [0.1, 0.15) is 0 Å². The summed E-state index contributed by atoms with van der Waals surface area (Å²) in [5.41, 5.74) is 3.54. The first-order chi connectivity index (χ1) is 14.2. The van der Waals surface area contributed by atoms with Gasteiger partial charge < -0.3 is 9.47 Å². The number of thioether (sulfide) groups is 1. The van der Waals surface area contributed by atoms with E-state index in [1.54, 1.807) is 4.90 Å². The number of carbonyl (C=O) groups is 1. The lowest BCUT2D eigenvalue weighted by atomic mass is 9.87. The molecule has 0 fully saturated rings. The van der Waals surface area contributed by atoms with Gasteiger partial charge in [0.2, 0.25) is 5.91 Å². The van der Waals surface area contributed by atoms with Crippen molar-refractivity contribution in [3.63, 3.8) is 0 Å². The van der Waals surface area contributed by atoms with Gasteiger partial charge in [-0.05, 0) is 23.5 Å². The van der Waals surface area contributed by atoms with Gasteiger partial charge in [-0.25, -0.2) is 0 Å². The lowest BCUT2D eigenvalue weighted by Crippen LogP contribution is -2.31. The molecule has 0 aliphatic heterocycles. The van der Waals surface area contributed by atoms with Gasteiger partial charge in [0.05, 0.1) is 11.8 Å². The van der Waals surface area contributed by atoms with Crippen molar-refractivity contribution >= 4 is 17.7 Å². The topological polar surface area (TPSA) is 51.0 Å². The Labute approximate surface area is 183 Å². The fourth-order valence-electron chi connectivity index (χ4n) is 3.21. The van der Waals surface area contributed by atoms with Crippen LogP contribution in [0.4, 0.5) is 0 Å². The first kappa shape index (κ1) is 22.1. The van der Waals surface area contributed by atoms with Crippen LogP contribution in [0, 0.1) is 0 Å². The van der Waals surface area contributed by atoms with E-state index >= 15 is 0 Å². The van der Waals surface area contributed by atoms with Crippen molar-refractivity contribution in [3.8, 4) is 11.4 Å². The van der Waals surface area contributed by atoms with Crippen molar-refractivity contribution in [1.82, 2.24) is 19.7 Å². The molecule has 3 aromatic rings. The highest BCUT2D eigenvalue weighted by Gasteiger charge is 2.20. The maximum Gasteiger partial charge on any atom is 0.233 e. The Balaban J connectivity index is 1.66. The number of nitrogens with zero attached hydrogens (tertiary/aromatic N) is 4. The molecular weight excluding hydrogens is 392 g/mol. The third-order valence-corrected chi connectivity index (χ3v) is 6.43. The molecule has 6 heteroatoms. The summed E-state index contributed by atoms with van der Waals surface area (Å²) in [6.45, 7) is 8.64. The maximum absolute atomic E-state index is 12.7. The molecule has 1 amide bonds. The van der Waals surface area contributed by atoms with E-state index in [0.717, 1.165) is 22.1 Å². The smallest absolute Gasteiger partial charge is 0.233 e. The molecule has 0 aliphatic rings. The van der Waals surface area contributed by atoms with Gasteiger partial charge >= 0.3 is 0 Å². The maximum atomic E-state index is 12.7. The summed E-state index contributed by atoms with van der Waals surface area (Å²) in [6.07, 6.45) is 0. The van der Waals surface area contributed by atoms with Crippen LogP contribution in [0.5, 0.6) is 0 Å². The highest BCUT2D eigenvalue weighted by Crippen LogP contribution is 2.27. The molecule has 0 aliphatic carbocycles. The highest BCUT2D eigenvalue weighted by molar-refractivity contribution is 7.99. The first-order valence-electron chi connectivity index (χ1n) is 10.1. The van der Waals surface area contributed by atoms with Crippen LogP contribution in [0.3, 0.4) is 0 Å². The van der Waals surface area contributed by atoms with Crippen molar-refractivity contribution in [3.05, 3.63) is 65.7 Å². The van der Waals surface area contributed by atoms with Crippen LogP contribution in [-0.2, 0) is 17.3 Å². The quantitative estimate of drug-likeness (QED) is 0.519. The summed E-state index contributed by atoms with van der Waals surface area (Å²) in [5, 5.41) is 9.39.